The molecule has 0 aliphatic heterocycles. The summed E-state index contributed by atoms with van der Waals surface area (Å²) in [7, 11) is -10.3. The van der Waals surface area contributed by atoms with Gasteiger partial charge in [-0.3, -0.25) is 16.8 Å². The van der Waals surface area contributed by atoms with Gasteiger partial charge >= 0.3 is 19.5 Å². The summed E-state index contributed by atoms with van der Waals surface area (Å²) < 4.78 is 68.2. The average molecular weight is 434 g/mol. The Morgan fingerprint density at radius 2 is 0.619 bits per heavy atom. The van der Waals surface area contributed by atoms with E-state index in [1.54, 1.807) is 0 Å². The van der Waals surface area contributed by atoms with E-state index in [9.17, 15) is 0 Å². The van der Waals surface area contributed by atoms with Crippen LogP contribution in [0.3, 0.4) is 0 Å². The zero-order chi connectivity index (χ0) is 12.4. The molecule has 24 N–H and O–H groups in total. The molecule has 0 fully saturated rings. The van der Waals surface area contributed by atoms with Gasteiger partial charge in [-0.25, -0.2) is 0 Å². The number of rotatable bonds is 1. The minimum absolute atomic E-state index is 0. The monoisotopic (exact) mass is 432 g/mol. The van der Waals surface area contributed by atoms with Crippen LogP contribution in [0.5, 0.6) is 0 Å². The Labute approximate surface area is 133 Å². The molecule has 0 rings (SSSR count). The van der Waals surface area contributed by atoms with Crippen LogP contribution in [0.15, 0.2) is 0 Å². The van der Waals surface area contributed by atoms with Gasteiger partial charge in [0.15, 0.2) is 0 Å². The van der Waals surface area contributed by atoms with Gasteiger partial charge in [-0.2, -0.15) is 0 Å². The fraction of sp³-hybridized carbons (Fsp3) is 1.00. The summed E-state index contributed by atoms with van der Waals surface area (Å²) in [5.41, 5.74) is 7.08. The topological polar surface area (TPSA) is 414 Å². The summed E-state index contributed by atoms with van der Waals surface area (Å²) in [6, 6.07) is 0. The SMILES string of the molecule is O=S(=O)([O-])[O-].O=S(=O)([O-])[O-].[NH3+]CC[NH3+].[OH3+].[OH3+].[OH3+].[OH3+].[OH3+].[OH3+].[Zn+2]. The summed E-state index contributed by atoms with van der Waals surface area (Å²) in [4.78, 5) is 0. The fourth-order valence-corrected chi connectivity index (χ4v) is 0. The maximum atomic E-state index is 8.52. The fourth-order valence-electron chi connectivity index (χ4n) is 0. The second kappa shape index (κ2) is 36.9. The Bertz CT molecular complexity index is 253. The molecule has 0 atom stereocenters. The van der Waals surface area contributed by atoms with Crippen molar-refractivity contribution in [3.8, 4) is 0 Å². The largest absolute Gasteiger partial charge is 2.00 e. The van der Waals surface area contributed by atoms with Gasteiger partial charge in [-0.1, -0.05) is 0 Å². The van der Waals surface area contributed by atoms with E-state index in [2.05, 4.69) is 11.5 Å². The first-order valence-electron chi connectivity index (χ1n) is 2.83. The minimum Gasteiger partial charge on any atom is -0.759 e. The molecule has 0 spiro atoms. The third-order valence-electron chi connectivity index (χ3n) is 0.250. The number of quaternary nitrogens is 2. The normalized spacial score (nSPS) is 6.95. The van der Waals surface area contributed by atoms with E-state index in [0.29, 0.717) is 0 Å². The Hall–Kier alpha value is 0.0434. The van der Waals surface area contributed by atoms with Crippen LogP contribution in [0, 0.1) is 0 Å². The summed E-state index contributed by atoms with van der Waals surface area (Å²) in [6.07, 6.45) is 0. The first kappa shape index (κ1) is 69.3. The first-order valence-corrected chi connectivity index (χ1v) is 5.50. The third kappa shape index (κ3) is 5990. The van der Waals surface area contributed by atoms with Crippen molar-refractivity contribution in [1.82, 2.24) is 0 Å². The molecule has 0 aliphatic carbocycles. The van der Waals surface area contributed by atoms with Crippen LogP contribution < -0.4 is 11.5 Å². The van der Waals surface area contributed by atoms with Crippen LogP contribution in [-0.4, -0.2) is 48.1 Å². The maximum absolute atomic E-state index is 8.52. The molecular formula is C2H28N2O14S2Zn+6. The molecule has 19 heteroatoms. The Morgan fingerprint density at radius 3 is 0.619 bits per heavy atom. The van der Waals surface area contributed by atoms with E-state index in [-0.39, 0.29) is 52.3 Å². The van der Waals surface area contributed by atoms with Gasteiger partial charge in [0, 0.05) is 20.8 Å². The van der Waals surface area contributed by atoms with Gasteiger partial charge in [0.05, 0.1) is 0 Å². The number of hydrogen-bond donors (Lipinski definition) is 2. The van der Waals surface area contributed by atoms with Crippen molar-refractivity contribution < 1.29 is 98.8 Å². The standard InChI is InChI=1S/C2H8N2.2H2O4S.6H2O.Zn/c3-1-2-4;2*1-5(2,3)4;;;;;;;/h1-4H2;2*(H2,1,2,3,4);6*1H2;/q;;;;;;;;;+2/p+4. The van der Waals surface area contributed by atoms with Crippen molar-refractivity contribution in [3.63, 3.8) is 0 Å². The van der Waals surface area contributed by atoms with Gasteiger partial charge in [0.2, 0.25) is 0 Å². The Morgan fingerprint density at radius 1 is 0.571 bits per heavy atom. The van der Waals surface area contributed by atoms with Crippen molar-refractivity contribution in [1.29, 1.82) is 0 Å². The van der Waals surface area contributed by atoms with Crippen molar-refractivity contribution in [2.45, 2.75) is 0 Å². The van der Waals surface area contributed by atoms with E-state index in [0.717, 1.165) is 13.1 Å². The molecular weight excluding hydrogens is 406 g/mol. The van der Waals surface area contributed by atoms with Gasteiger partial charge in [-0.05, 0) is 0 Å². The predicted molar refractivity (Wildman–Crippen MR) is 65.7 cm³/mol. The Kier molecular flexibility index (Phi) is 122. The molecule has 0 aromatic heterocycles. The van der Waals surface area contributed by atoms with E-state index in [1.165, 1.54) is 0 Å². The molecule has 138 valence electrons. The molecule has 0 heterocycles. The molecule has 0 aliphatic rings. The van der Waals surface area contributed by atoms with Crippen LogP contribution in [-0.2, 0) is 73.1 Å². The molecule has 0 amide bonds. The van der Waals surface area contributed by atoms with E-state index in [4.69, 9.17) is 35.0 Å². The van der Waals surface area contributed by atoms with Crippen molar-refractivity contribution in [3.05, 3.63) is 0 Å². The summed E-state index contributed by atoms with van der Waals surface area (Å²) in [5, 5.41) is 0. The number of hydrogen-bond acceptors (Lipinski definition) is 8. The van der Waals surface area contributed by atoms with Gasteiger partial charge in [0.1, 0.15) is 13.1 Å². The minimum atomic E-state index is -5.17. The summed E-state index contributed by atoms with van der Waals surface area (Å²) >= 11 is 0. The Balaban J connectivity index is -0.00000000930. The zero-order valence-electron chi connectivity index (χ0n) is 11.1. The van der Waals surface area contributed by atoms with Crippen molar-refractivity contribution in [2.24, 2.45) is 0 Å². The van der Waals surface area contributed by atoms with Crippen LogP contribution in [0.1, 0.15) is 0 Å². The second-order valence-electron chi connectivity index (χ2n) is 1.52. The molecule has 0 radical (unpaired) electrons. The molecule has 0 saturated carbocycles. The second-order valence-corrected chi connectivity index (χ2v) is 3.16. The zero-order valence-corrected chi connectivity index (χ0v) is 15.7. The molecule has 0 aromatic carbocycles. The van der Waals surface area contributed by atoms with Crippen LogP contribution in [0.4, 0.5) is 0 Å². The molecule has 16 nitrogen and oxygen atoms in total. The van der Waals surface area contributed by atoms with E-state index in [1.807, 2.05) is 0 Å². The summed E-state index contributed by atoms with van der Waals surface area (Å²) in [6.45, 7) is 1.92. The van der Waals surface area contributed by atoms with Gasteiger partial charge in [0.25, 0.3) is 0 Å². The molecule has 0 unspecified atom stereocenters. The van der Waals surface area contributed by atoms with E-state index < -0.39 is 20.8 Å². The first-order chi connectivity index (χ1) is 5.91. The molecule has 21 heavy (non-hydrogen) atoms. The molecule has 0 aromatic rings. The predicted octanol–water partition coefficient (Wildman–Crippen LogP) is -10.7. The average Bonchev–Trinajstić information content (AvgIpc) is 1.79. The van der Waals surface area contributed by atoms with Crippen molar-refractivity contribution in [2.75, 3.05) is 13.1 Å². The summed E-state index contributed by atoms with van der Waals surface area (Å²) in [5.74, 6) is 0. The van der Waals surface area contributed by atoms with Crippen LogP contribution in [0.2, 0.25) is 0 Å². The maximum Gasteiger partial charge on any atom is 2.00 e. The van der Waals surface area contributed by atoms with Crippen molar-refractivity contribution >= 4 is 20.8 Å². The van der Waals surface area contributed by atoms with Crippen LogP contribution in [0.25, 0.3) is 0 Å². The molecule has 0 bridgehead atoms. The quantitative estimate of drug-likeness (QED) is 0.172. The third-order valence-corrected chi connectivity index (χ3v) is 0.250. The van der Waals surface area contributed by atoms with Gasteiger partial charge < -0.3 is 62.5 Å². The van der Waals surface area contributed by atoms with E-state index >= 15 is 0 Å². The smallest absolute Gasteiger partial charge is 0.759 e. The molecule has 0 saturated heterocycles. The van der Waals surface area contributed by atoms with Crippen LogP contribution >= 0.6 is 0 Å². The van der Waals surface area contributed by atoms with Gasteiger partial charge in [-0.15, -0.1) is 0 Å².